The number of carbonyl (C=O) groups excluding carboxylic acids is 1. The highest BCUT2D eigenvalue weighted by molar-refractivity contribution is 5.94. The van der Waals surface area contributed by atoms with E-state index in [4.69, 9.17) is 4.74 Å². The molecule has 6 nitrogen and oxygen atoms in total. The van der Waals surface area contributed by atoms with Gasteiger partial charge in [0.05, 0.1) is 37.6 Å². The molecule has 23 heavy (non-hydrogen) atoms. The highest BCUT2D eigenvalue weighted by Crippen LogP contribution is 2.15. The molecule has 2 aliphatic heterocycles. The van der Waals surface area contributed by atoms with Crippen LogP contribution in [-0.4, -0.2) is 59.0 Å². The SMILES string of the molecule is O=C(c1cnn(Cc2ccccc2)c1)N1CC(NC2COC2)C1. The van der Waals surface area contributed by atoms with E-state index in [1.807, 2.05) is 34.0 Å². The van der Waals surface area contributed by atoms with Crippen LogP contribution in [0.2, 0.25) is 0 Å². The molecule has 0 saturated carbocycles. The molecule has 2 saturated heterocycles. The molecule has 0 aliphatic carbocycles. The summed E-state index contributed by atoms with van der Waals surface area (Å²) in [7, 11) is 0. The van der Waals surface area contributed by atoms with E-state index in [1.165, 1.54) is 5.56 Å². The van der Waals surface area contributed by atoms with Crippen molar-refractivity contribution < 1.29 is 9.53 Å². The van der Waals surface area contributed by atoms with Gasteiger partial charge in [0.2, 0.25) is 0 Å². The van der Waals surface area contributed by atoms with E-state index in [-0.39, 0.29) is 5.91 Å². The zero-order valence-electron chi connectivity index (χ0n) is 12.9. The minimum Gasteiger partial charge on any atom is -0.378 e. The first-order valence-corrected chi connectivity index (χ1v) is 7.97. The van der Waals surface area contributed by atoms with Crippen LogP contribution >= 0.6 is 0 Å². The smallest absolute Gasteiger partial charge is 0.257 e. The summed E-state index contributed by atoms with van der Waals surface area (Å²) in [5, 5.41) is 7.79. The van der Waals surface area contributed by atoms with Gasteiger partial charge in [-0.15, -0.1) is 0 Å². The molecule has 2 aliphatic rings. The Morgan fingerprint density at radius 1 is 1.22 bits per heavy atom. The molecule has 4 rings (SSSR count). The molecule has 3 heterocycles. The topological polar surface area (TPSA) is 59.4 Å². The van der Waals surface area contributed by atoms with Crippen LogP contribution in [0.1, 0.15) is 15.9 Å². The molecule has 120 valence electrons. The van der Waals surface area contributed by atoms with Gasteiger partial charge in [-0.25, -0.2) is 0 Å². The molecule has 1 aromatic heterocycles. The Morgan fingerprint density at radius 2 is 2.00 bits per heavy atom. The Labute approximate surface area is 135 Å². The van der Waals surface area contributed by atoms with Gasteiger partial charge in [0, 0.05) is 25.3 Å². The normalized spacial score (nSPS) is 18.5. The van der Waals surface area contributed by atoms with Crippen molar-refractivity contribution in [2.45, 2.75) is 18.6 Å². The molecule has 1 amide bonds. The van der Waals surface area contributed by atoms with Crippen LogP contribution in [0.5, 0.6) is 0 Å². The molecule has 6 heteroatoms. The van der Waals surface area contributed by atoms with Crippen molar-refractivity contribution in [2.24, 2.45) is 0 Å². The second-order valence-corrected chi connectivity index (χ2v) is 6.22. The number of hydrogen-bond donors (Lipinski definition) is 1. The summed E-state index contributed by atoms with van der Waals surface area (Å²) in [6.45, 7) is 3.78. The Balaban J connectivity index is 1.31. The first-order valence-electron chi connectivity index (χ1n) is 7.97. The van der Waals surface area contributed by atoms with Gasteiger partial charge in [-0.05, 0) is 5.56 Å². The van der Waals surface area contributed by atoms with Gasteiger partial charge in [0.1, 0.15) is 0 Å². The maximum Gasteiger partial charge on any atom is 0.257 e. The van der Waals surface area contributed by atoms with Crippen molar-refractivity contribution in [1.82, 2.24) is 20.0 Å². The van der Waals surface area contributed by atoms with Crippen LogP contribution in [0, 0.1) is 0 Å². The first kappa shape index (κ1) is 14.4. The Kier molecular flexibility index (Phi) is 3.85. The van der Waals surface area contributed by atoms with Gasteiger partial charge in [-0.2, -0.15) is 5.10 Å². The summed E-state index contributed by atoms with van der Waals surface area (Å²) in [5.74, 6) is 0.0622. The van der Waals surface area contributed by atoms with Crippen LogP contribution in [0.3, 0.4) is 0 Å². The fourth-order valence-corrected chi connectivity index (χ4v) is 2.93. The van der Waals surface area contributed by atoms with Gasteiger partial charge in [-0.3, -0.25) is 9.48 Å². The molecular weight excluding hydrogens is 292 g/mol. The van der Waals surface area contributed by atoms with Crippen molar-refractivity contribution in [3.63, 3.8) is 0 Å². The van der Waals surface area contributed by atoms with E-state index >= 15 is 0 Å². The number of benzene rings is 1. The summed E-state index contributed by atoms with van der Waals surface area (Å²) in [4.78, 5) is 14.3. The first-order chi connectivity index (χ1) is 11.3. The lowest BCUT2D eigenvalue weighted by Gasteiger charge is -2.43. The summed E-state index contributed by atoms with van der Waals surface area (Å²) in [6.07, 6.45) is 3.49. The Morgan fingerprint density at radius 3 is 2.70 bits per heavy atom. The number of hydrogen-bond acceptors (Lipinski definition) is 4. The Hall–Kier alpha value is -2.18. The summed E-state index contributed by atoms with van der Waals surface area (Å²) >= 11 is 0. The van der Waals surface area contributed by atoms with Crippen LogP contribution in [-0.2, 0) is 11.3 Å². The molecular formula is C17H20N4O2. The maximum absolute atomic E-state index is 12.4. The zero-order chi connectivity index (χ0) is 15.6. The van der Waals surface area contributed by atoms with Gasteiger partial charge < -0.3 is 15.0 Å². The maximum atomic E-state index is 12.4. The highest BCUT2D eigenvalue weighted by Gasteiger charge is 2.34. The van der Waals surface area contributed by atoms with Crippen molar-refractivity contribution >= 4 is 5.91 Å². The van der Waals surface area contributed by atoms with Crippen LogP contribution in [0.15, 0.2) is 42.7 Å². The van der Waals surface area contributed by atoms with Crippen molar-refractivity contribution in [1.29, 1.82) is 0 Å². The fourth-order valence-electron chi connectivity index (χ4n) is 2.93. The number of aromatic nitrogens is 2. The lowest BCUT2D eigenvalue weighted by Crippen LogP contribution is -2.64. The van der Waals surface area contributed by atoms with Gasteiger partial charge in [-0.1, -0.05) is 30.3 Å². The Bertz CT molecular complexity index is 675. The molecule has 2 aromatic rings. The molecule has 0 spiro atoms. The standard InChI is InChI=1S/C17H20N4O2/c22-17(20-9-15(10-20)19-16-11-23-12-16)14-6-18-21(8-14)7-13-4-2-1-3-5-13/h1-6,8,15-16,19H,7,9-12H2. The van der Waals surface area contributed by atoms with Gasteiger partial charge in [0.25, 0.3) is 5.91 Å². The molecule has 0 bridgehead atoms. The second-order valence-electron chi connectivity index (χ2n) is 6.22. The van der Waals surface area contributed by atoms with Crippen molar-refractivity contribution in [3.05, 3.63) is 53.9 Å². The number of amides is 1. The van der Waals surface area contributed by atoms with E-state index in [0.29, 0.717) is 24.2 Å². The number of rotatable bonds is 5. The monoisotopic (exact) mass is 312 g/mol. The average Bonchev–Trinajstić information content (AvgIpc) is 2.93. The third-order valence-corrected chi connectivity index (χ3v) is 4.35. The van der Waals surface area contributed by atoms with Gasteiger partial charge >= 0.3 is 0 Å². The predicted molar refractivity (Wildman–Crippen MR) is 85.2 cm³/mol. The highest BCUT2D eigenvalue weighted by atomic mass is 16.5. The largest absolute Gasteiger partial charge is 0.378 e. The number of nitrogens with one attached hydrogen (secondary N) is 1. The molecule has 1 aromatic carbocycles. The van der Waals surface area contributed by atoms with E-state index in [2.05, 4.69) is 22.5 Å². The molecule has 1 N–H and O–H groups in total. The number of carbonyl (C=O) groups is 1. The number of ether oxygens (including phenoxy) is 1. The second kappa shape index (κ2) is 6.14. The molecule has 0 atom stereocenters. The van der Waals surface area contributed by atoms with Crippen LogP contribution < -0.4 is 5.32 Å². The fraction of sp³-hybridized carbons (Fsp3) is 0.412. The van der Waals surface area contributed by atoms with Crippen molar-refractivity contribution in [2.75, 3.05) is 26.3 Å². The van der Waals surface area contributed by atoms with E-state index in [9.17, 15) is 4.79 Å². The molecule has 2 fully saturated rings. The molecule has 0 radical (unpaired) electrons. The number of likely N-dealkylation sites (tertiary alicyclic amines) is 1. The summed E-state index contributed by atoms with van der Waals surface area (Å²) in [6, 6.07) is 11.0. The van der Waals surface area contributed by atoms with Crippen LogP contribution in [0.25, 0.3) is 0 Å². The lowest BCUT2D eigenvalue weighted by atomic mass is 10.1. The van der Waals surface area contributed by atoms with Crippen molar-refractivity contribution in [3.8, 4) is 0 Å². The summed E-state index contributed by atoms with van der Waals surface area (Å²) in [5.41, 5.74) is 1.83. The quantitative estimate of drug-likeness (QED) is 0.885. The van der Waals surface area contributed by atoms with E-state index in [1.54, 1.807) is 6.20 Å². The third kappa shape index (κ3) is 3.13. The summed E-state index contributed by atoms with van der Waals surface area (Å²) < 4.78 is 6.95. The third-order valence-electron chi connectivity index (χ3n) is 4.35. The molecule has 0 unspecified atom stereocenters. The van der Waals surface area contributed by atoms with Gasteiger partial charge in [0.15, 0.2) is 0 Å². The minimum absolute atomic E-state index is 0.0622. The zero-order valence-corrected chi connectivity index (χ0v) is 12.9. The minimum atomic E-state index is 0.0622. The average molecular weight is 312 g/mol. The van der Waals surface area contributed by atoms with E-state index in [0.717, 1.165) is 26.3 Å². The lowest BCUT2D eigenvalue weighted by molar-refractivity contribution is -0.0209. The van der Waals surface area contributed by atoms with E-state index < -0.39 is 0 Å². The van der Waals surface area contributed by atoms with Crippen LogP contribution in [0.4, 0.5) is 0 Å². The number of nitrogens with zero attached hydrogens (tertiary/aromatic N) is 3. The predicted octanol–water partition coefficient (Wildman–Crippen LogP) is 0.744.